The molecule has 0 fully saturated rings. The molecule has 1 N–H and O–H groups in total. The van der Waals surface area contributed by atoms with Crippen molar-refractivity contribution in [3.63, 3.8) is 0 Å². The molecule has 4 rings (SSSR count). The number of aromatic nitrogens is 2. The first-order chi connectivity index (χ1) is 13.5. The summed E-state index contributed by atoms with van der Waals surface area (Å²) in [5.41, 5.74) is 2.16. The Kier molecular flexibility index (Phi) is 5.13. The number of carbonyl (C=O) groups excluding carboxylic acids is 1. The molecule has 28 heavy (non-hydrogen) atoms. The van der Waals surface area contributed by atoms with E-state index in [2.05, 4.69) is 10.3 Å². The van der Waals surface area contributed by atoms with E-state index in [1.165, 1.54) is 30.3 Å². The van der Waals surface area contributed by atoms with Crippen molar-refractivity contribution in [1.82, 2.24) is 9.55 Å². The first-order valence-corrected chi connectivity index (χ1v) is 9.52. The van der Waals surface area contributed by atoms with E-state index in [9.17, 15) is 13.6 Å². The summed E-state index contributed by atoms with van der Waals surface area (Å²) in [5, 5.41) is 2.67. The number of imidazole rings is 1. The first kappa shape index (κ1) is 18.6. The van der Waals surface area contributed by atoms with Crippen molar-refractivity contribution in [1.29, 1.82) is 0 Å². The Balaban J connectivity index is 1.74. The summed E-state index contributed by atoms with van der Waals surface area (Å²) in [6.07, 6.45) is 3.70. The Morgan fingerprint density at radius 2 is 1.96 bits per heavy atom. The van der Waals surface area contributed by atoms with Crippen LogP contribution >= 0.6 is 11.6 Å². The average Bonchev–Trinajstić information content (AvgIpc) is 2.86. The Morgan fingerprint density at radius 3 is 2.75 bits per heavy atom. The highest BCUT2D eigenvalue weighted by molar-refractivity contribution is 6.31. The largest absolute Gasteiger partial charge is 0.327 e. The van der Waals surface area contributed by atoms with Gasteiger partial charge < -0.3 is 9.88 Å². The highest BCUT2D eigenvalue weighted by Crippen LogP contribution is 2.28. The van der Waals surface area contributed by atoms with Gasteiger partial charge in [-0.25, -0.2) is 13.8 Å². The fourth-order valence-electron chi connectivity index (χ4n) is 3.51. The molecule has 0 saturated heterocycles. The van der Waals surface area contributed by atoms with E-state index in [1.54, 1.807) is 12.1 Å². The second kappa shape index (κ2) is 7.72. The van der Waals surface area contributed by atoms with E-state index in [4.69, 9.17) is 11.6 Å². The summed E-state index contributed by atoms with van der Waals surface area (Å²) in [6, 6.07) is 10.2. The molecule has 0 bridgehead atoms. The predicted molar refractivity (Wildman–Crippen MR) is 105 cm³/mol. The van der Waals surface area contributed by atoms with Gasteiger partial charge in [0.25, 0.3) is 5.91 Å². The number of nitrogens with one attached hydrogen (secondary N) is 1. The van der Waals surface area contributed by atoms with Gasteiger partial charge in [0.2, 0.25) is 0 Å². The number of halogens is 3. The molecule has 0 atom stereocenters. The van der Waals surface area contributed by atoms with Crippen LogP contribution < -0.4 is 5.32 Å². The topological polar surface area (TPSA) is 46.9 Å². The minimum atomic E-state index is -0.552. The van der Waals surface area contributed by atoms with Crippen molar-refractivity contribution in [3.8, 4) is 11.4 Å². The molecule has 2 heterocycles. The zero-order valence-electron chi connectivity index (χ0n) is 15.0. The van der Waals surface area contributed by atoms with Gasteiger partial charge in [0.15, 0.2) is 0 Å². The van der Waals surface area contributed by atoms with Gasteiger partial charge in [-0.15, -0.1) is 0 Å². The van der Waals surface area contributed by atoms with Gasteiger partial charge in [-0.05, 0) is 49.6 Å². The van der Waals surface area contributed by atoms with Gasteiger partial charge in [0.1, 0.15) is 23.2 Å². The lowest BCUT2D eigenvalue weighted by molar-refractivity contribution is 0.102. The van der Waals surface area contributed by atoms with Crippen LogP contribution in [0.1, 0.15) is 35.4 Å². The molecule has 1 amide bonds. The average molecular weight is 402 g/mol. The van der Waals surface area contributed by atoms with Crippen LogP contribution in [-0.4, -0.2) is 15.5 Å². The standard InChI is InChI=1S/C21H18ClF2N3O/c22-16-12-15(8-9-17(16)24)25-21(28)19-18-7-2-1-3-10-27(18)20(26-19)13-5-4-6-14(23)11-13/h4-6,8-9,11-12H,1-3,7,10H2,(H,25,28). The second-order valence-corrected chi connectivity index (χ2v) is 7.19. The fourth-order valence-corrected chi connectivity index (χ4v) is 3.69. The van der Waals surface area contributed by atoms with E-state index < -0.39 is 11.7 Å². The van der Waals surface area contributed by atoms with E-state index in [0.717, 1.165) is 37.9 Å². The Morgan fingerprint density at radius 1 is 1.11 bits per heavy atom. The Bertz CT molecular complexity index is 1050. The summed E-state index contributed by atoms with van der Waals surface area (Å²) in [6.45, 7) is 0.726. The molecule has 0 radical (unpaired) electrons. The van der Waals surface area contributed by atoms with Gasteiger partial charge in [0, 0.05) is 17.8 Å². The van der Waals surface area contributed by atoms with Crippen LogP contribution in [-0.2, 0) is 13.0 Å². The van der Waals surface area contributed by atoms with Gasteiger partial charge in [0.05, 0.1) is 10.7 Å². The van der Waals surface area contributed by atoms with Crippen LogP contribution in [0.3, 0.4) is 0 Å². The maximum atomic E-state index is 13.7. The van der Waals surface area contributed by atoms with Gasteiger partial charge >= 0.3 is 0 Å². The molecule has 4 nitrogen and oxygen atoms in total. The molecule has 1 aliphatic heterocycles. The van der Waals surface area contributed by atoms with Crippen molar-refractivity contribution in [2.45, 2.75) is 32.2 Å². The molecule has 0 unspecified atom stereocenters. The molecule has 0 saturated carbocycles. The monoisotopic (exact) mass is 401 g/mol. The van der Waals surface area contributed by atoms with Crippen molar-refractivity contribution < 1.29 is 13.6 Å². The SMILES string of the molecule is O=C(Nc1ccc(F)c(Cl)c1)c1nc(-c2cccc(F)c2)n2c1CCCCC2. The van der Waals surface area contributed by atoms with Crippen molar-refractivity contribution in [2.24, 2.45) is 0 Å². The van der Waals surface area contributed by atoms with E-state index in [1.807, 2.05) is 4.57 Å². The molecule has 3 aromatic rings. The van der Waals surface area contributed by atoms with Crippen LogP contribution in [0.5, 0.6) is 0 Å². The molecule has 1 aromatic heterocycles. The summed E-state index contributed by atoms with van der Waals surface area (Å²) in [7, 11) is 0. The lowest BCUT2D eigenvalue weighted by Gasteiger charge is -2.09. The summed E-state index contributed by atoms with van der Waals surface area (Å²) in [5.74, 6) is -0.714. The van der Waals surface area contributed by atoms with Crippen LogP contribution in [0.4, 0.5) is 14.5 Å². The lowest BCUT2D eigenvalue weighted by Crippen LogP contribution is -2.15. The number of fused-ring (bicyclic) bond motifs is 1. The zero-order chi connectivity index (χ0) is 19.7. The minimum absolute atomic E-state index is 0.0677. The molecular formula is C21H18ClF2N3O. The third-order valence-electron chi connectivity index (χ3n) is 4.84. The smallest absolute Gasteiger partial charge is 0.276 e. The van der Waals surface area contributed by atoms with E-state index in [0.29, 0.717) is 22.8 Å². The number of rotatable bonds is 3. The quantitative estimate of drug-likeness (QED) is 0.633. The number of hydrogen-bond donors (Lipinski definition) is 1. The second-order valence-electron chi connectivity index (χ2n) is 6.79. The van der Waals surface area contributed by atoms with E-state index in [-0.39, 0.29) is 10.8 Å². The fraction of sp³-hybridized carbons (Fsp3) is 0.238. The van der Waals surface area contributed by atoms with Crippen molar-refractivity contribution in [3.05, 3.63) is 70.5 Å². The van der Waals surface area contributed by atoms with Crippen LogP contribution in [0, 0.1) is 11.6 Å². The first-order valence-electron chi connectivity index (χ1n) is 9.14. The number of benzene rings is 2. The number of nitrogens with zero attached hydrogens (tertiary/aromatic N) is 2. The molecule has 144 valence electrons. The van der Waals surface area contributed by atoms with E-state index >= 15 is 0 Å². The minimum Gasteiger partial charge on any atom is -0.327 e. The third-order valence-corrected chi connectivity index (χ3v) is 5.13. The normalized spacial score (nSPS) is 13.7. The highest BCUT2D eigenvalue weighted by atomic mass is 35.5. The molecule has 0 spiro atoms. The predicted octanol–water partition coefficient (Wildman–Crippen LogP) is 5.46. The van der Waals surface area contributed by atoms with Crippen molar-refractivity contribution in [2.75, 3.05) is 5.32 Å². The lowest BCUT2D eigenvalue weighted by atomic mass is 10.1. The zero-order valence-corrected chi connectivity index (χ0v) is 15.8. The van der Waals surface area contributed by atoms with Crippen LogP contribution in [0.2, 0.25) is 5.02 Å². The molecule has 1 aliphatic rings. The van der Waals surface area contributed by atoms with Crippen LogP contribution in [0.25, 0.3) is 11.4 Å². The number of hydrogen-bond acceptors (Lipinski definition) is 2. The Labute approximate surface area is 166 Å². The van der Waals surface area contributed by atoms with Gasteiger partial charge in [-0.1, -0.05) is 30.2 Å². The molecular weight excluding hydrogens is 384 g/mol. The maximum Gasteiger partial charge on any atom is 0.276 e. The summed E-state index contributed by atoms with van der Waals surface area (Å²) >= 11 is 5.80. The van der Waals surface area contributed by atoms with Gasteiger partial charge in [-0.2, -0.15) is 0 Å². The number of anilines is 1. The maximum absolute atomic E-state index is 13.7. The van der Waals surface area contributed by atoms with Gasteiger partial charge in [-0.3, -0.25) is 4.79 Å². The molecule has 2 aromatic carbocycles. The summed E-state index contributed by atoms with van der Waals surface area (Å²) < 4.78 is 29.1. The molecule has 0 aliphatic carbocycles. The highest BCUT2D eigenvalue weighted by Gasteiger charge is 2.24. The number of amides is 1. The van der Waals surface area contributed by atoms with Crippen molar-refractivity contribution >= 4 is 23.2 Å². The van der Waals surface area contributed by atoms with Crippen LogP contribution in [0.15, 0.2) is 42.5 Å². The third kappa shape index (κ3) is 3.64. The summed E-state index contributed by atoms with van der Waals surface area (Å²) in [4.78, 5) is 17.5. The Hall–Kier alpha value is -2.73. The number of carbonyl (C=O) groups is 1. The molecule has 7 heteroatoms.